The van der Waals surface area contributed by atoms with Gasteiger partial charge in [-0.2, -0.15) is 0 Å². The van der Waals surface area contributed by atoms with Gasteiger partial charge in [0.2, 0.25) is 0 Å². The van der Waals surface area contributed by atoms with Crippen LogP contribution in [0.1, 0.15) is 5.56 Å². The molecule has 0 spiro atoms. The fraction of sp³-hybridized carbons (Fsp3) is 0.0500. The third-order valence-corrected chi connectivity index (χ3v) is 3.52. The predicted molar refractivity (Wildman–Crippen MR) is 111 cm³/mol. The average molecular weight is 353 g/mol. The number of nitrogens with two attached hydrogens (primary N) is 2. The van der Waals surface area contributed by atoms with E-state index in [4.69, 9.17) is 11.5 Å². The van der Waals surface area contributed by atoms with Crippen molar-refractivity contribution in [3.8, 4) is 22.3 Å². The molecule has 0 bridgehead atoms. The zero-order chi connectivity index (χ0) is 17.4. The van der Waals surface area contributed by atoms with Gasteiger partial charge >= 0.3 is 0 Å². The normalized spacial score (nSPS) is 9.75. The fourth-order valence-corrected chi connectivity index (χ4v) is 2.57. The molecule has 0 saturated heterocycles. The largest absolute Gasteiger partial charge is 0.385 e. The molecule has 0 radical (unpaired) electrons. The monoisotopic (exact) mass is 352 g/mol. The van der Waals surface area contributed by atoms with Crippen molar-refractivity contribution in [2.24, 2.45) is 11.5 Å². The van der Waals surface area contributed by atoms with Crippen molar-refractivity contribution in [3.05, 3.63) is 84.4 Å². The van der Waals surface area contributed by atoms with Crippen LogP contribution in [0.4, 0.5) is 0 Å². The van der Waals surface area contributed by atoms with Crippen molar-refractivity contribution in [3.63, 3.8) is 0 Å². The molecular formula is C20H20N2S2. The smallest absolute Gasteiger partial charge is 0.128 e. The van der Waals surface area contributed by atoms with E-state index >= 15 is 0 Å². The van der Waals surface area contributed by atoms with E-state index in [-0.39, 0.29) is 4.32 Å². The fourth-order valence-electron chi connectivity index (χ4n) is 2.57. The standard InChI is InChI=1S/C19H17N.CH3NS2/c20-14-17-12-7-13-18(15-8-3-1-4-9-15)19(17)16-10-5-2-6-11-16;2-1(3)4/h1-13H,14,20H2;(H3,2,3,4). The summed E-state index contributed by atoms with van der Waals surface area (Å²) >= 11 is 7.65. The minimum absolute atomic E-state index is 0.194. The summed E-state index contributed by atoms with van der Waals surface area (Å²) in [6.07, 6.45) is 0. The van der Waals surface area contributed by atoms with Crippen LogP contribution in [0.15, 0.2) is 78.9 Å². The second-order valence-corrected chi connectivity index (χ2v) is 6.34. The number of benzene rings is 3. The molecule has 24 heavy (non-hydrogen) atoms. The molecule has 0 aliphatic rings. The summed E-state index contributed by atoms with van der Waals surface area (Å²) in [7, 11) is 0. The number of thiol groups is 1. The second kappa shape index (κ2) is 9.23. The minimum Gasteiger partial charge on any atom is -0.385 e. The Kier molecular flexibility index (Phi) is 7.00. The molecular weight excluding hydrogens is 332 g/mol. The summed E-state index contributed by atoms with van der Waals surface area (Å²) in [5.74, 6) is 0. The van der Waals surface area contributed by atoms with E-state index in [0.29, 0.717) is 6.54 Å². The van der Waals surface area contributed by atoms with Crippen molar-refractivity contribution in [2.75, 3.05) is 0 Å². The maximum Gasteiger partial charge on any atom is 0.128 e. The Labute approximate surface area is 153 Å². The van der Waals surface area contributed by atoms with Crippen LogP contribution < -0.4 is 11.5 Å². The quantitative estimate of drug-likeness (QED) is 0.475. The third-order valence-electron chi connectivity index (χ3n) is 3.52. The molecule has 0 aliphatic heterocycles. The van der Waals surface area contributed by atoms with Crippen molar-refractivity contribution in [1.82, 2.24) is 0 Å². The van der Waals surface area contributed by atoms with Gasteiger partial charge in [0, 0.05) is 6.54 Å². The van der Waals surface area contributed by atoms with Crippen molar-refractivity contribution < 1.29 is 0 Å². The van der Waals surface area contributed by atoms with Crippen LogP contribution >= 0.6 is 24.8 Å². The van der Waals surface area contributed by atoms with Crippen LogP contribution in [0.5, 0.6) is 0 Å². The van der Waals surface area contributed by atoms with Crippen LogP contribution in [0.25, 0.3) is 22.3 Å². The summed E-state index contributed by atoms with van der Waals surface area (Å²) in [5, 5.41) is 0. The summed E-state index contributed by atoms with van der Waals surface area (Å²) in [5.41, 5.74) is 16.7. The Balaban J connectivity index is 0.000000471. The van der Waals surface area contributed by atoms with E-state index < -0.39 is 0 Å². The molecule has 0 atom stereocenters. The lowest BCUT2D eigenvalue weighted by Gasteiger charge is -2.14. The highest BCUT2D eigenvalue weighted by molar-refractivity contribution is 8.10. The predicted octanol–water partition coefficient (Wildman–Crippen LogP) is 4.64. The summed E-state index contributed by atoms with van der Waals surface area (Å²) in [4.78, 5) is 0. The highest BCUT2D eigenvalue weighted by Gasteiger charge is 2.10. The molecule has 2 nitrogen and oxygen atoms in total. The van der Waals surface area contributed by atoms with Crippen LogP contribution in [0.2, 0.25) is 0 Å². The highest BCUT2D eigenvalue weighted by Crippen LogP contribution is 2.34. The SMILES string of the molecule is NC(=S)S.NCc1cccc(-c2ccccc2)c1-c1ccccc1. The van der Waals surface area contributed by atoms with Crippen LogP contribution in [0.3, 0.4) is 0 Å². The van der Waals surface area contributed by atoms with Crippen LogP contribution in [0, 0.1) is 0 Å². The molecule has 0 fully saturated rings. The van der Waals surface area contributed by atoms with Gasteiger partial charge in [-0.15, -0.1) is 12.6 Å². The summed E-state index contributed by atoms with van der Waals surface area (Å²) < 4.78 is 0.194. The Morgan fingerprint density at radius 2 is 1.29 bits per heavy atom. The van der Waals surface area contributed by atoms with Gasteiger partial charge in [0.25, 0.3) is 0 Å². The molecule has 4 N–H and O–H groups in total. The second-order valence-electron chi connectivity index (χ2n) is 5.11. The van der Waals surface area contributed by atoms with Gasteiger partial charge in [0.1, 0.15) is 4.32 Å². The first kappa shape index (κ1) is 18.2. The molecule has 0 amide bonds. The molecule has 4 heteroatoms. The first-order chi connectivity index (χ1) is 11.6. The van der Waals surface area contributed by atoms with E-state index in [1.165, 1.54) is 27.8 Å². The zero-order valence-corrected chi connectivity index (χ0v) is 14.9. The van der Waals surface area contributed by atoms with Crippen LogP contribution in [-0.4, -0.2) is 4.32 Å². The Morgan fingerprint density at radius 1 is 0.792 bits per heavy atom. The van der Waals surface area contributed by atoms with Crippen molar-refractivity contribution >= 4 is 29.2 Å². The minimum atomic E-state index is 0.194. The van der Waals surface area contributed by atoms with E-state index in [1.807, 2.05) is 12.1 Å². The van der Waals surface area contributed by atoms with Gasteiger partial charge in [0.15, 0.2) is 0 Å². The number of hydrogen-bond donors (Lipinski definition) is 3. The van der Waals surface area contributed by atoms with Gasteiger partial charge in [0.05, 0.1) is 0 Å². The highest BCUT2D eigenvalue weighted by atomic mass is 32.1. The summed E-state index contributed by atoms with van der Waals surface area (Å²) in [6.45, 7) is 0.547. The van der Waals surface area contributed by atoms with E-state index in [1.54, 1.807) is 0 Å². The molecule has 3 rings (SSSR count). The number of thiocarbonyl (C=S) groups is 1. The molecule has 3 aromatic carbocycles. The third kappa shape index (κ3) is 4.93. The van der Waals surface area contributed by atoms with Gasteiger partial charge in [-0.3, -0.25) is 0 Å². The summed E-state index contributed by atoms with van der Waals surface area (Å²) in [6, 6.07) is 27.3. The Morgan fingerprint density at radius 3 is 1.79 bits per heavy atom. The van der Waals surface area contributed by atoms with Gasteiger partial charge in [-0.05, 0) is 27.8 Å². The Bertz CT molecular complexity index is 783. The molecule has 122 valence electrons. The molecule has 0 aromatic heterocycles. The maximum atomic E-state index is 5.93. The van der Waals surface area contributed by atoms with Gasteiger partial charge in [-0.25, -0.2) is 0 Å². The van der Waals surface area contributed by atoms with Crippen molar-refractivity contribution in [2.45, 2.75) is 6.54 Å². The lowest BCUT2D eigenvalue weighted by Crippen LogP contribution is -2.00. The Hall–Kier alpha value is -2.14. The zero-order valence-electron chi connectivity index (χ0n) is 13.2. The van der Waals surface area contributed by atoms with E-state index in [2.05, 4.69) is 91.6 Å². The van der Waals surface area contributed by atoms with E-state index in [0.717, 1.165) is 0 Å². The molecule has 3 aromatic rings. The number of rotatable bonds is 3. The number of hydrogen-bond acceptors (Lipinski definition) is 2. The first-order valence-electron chi connectivity index (χ1n) is 7.54. The van der Waals surface area contributed by atoms with Crippen molar-refractivity contribution in [1.29, 1.82) is 0 Å². The topological polar surface area (TPSA) is 52.0 Å². The van der Waals surface area contributed by atoms with Crippen LogP contribution in [-0.2, 0) is 6.54 Å². The lowest BCUT2D eigenvalue weighted by atomic mass is 9.90. The lowest BCUT2D eigenvalue weighted by molar-refractivity contribution is 1.07. The molecule has 0 heterocycles. The van der Waals surface area contributed by atoms with Gasteiger partial charge < -0.3 is 11.5 Å². The first-order valence-corrected chi connectivity index (χ1v) is 8.40. The molecule has 0 unspecified atom stereocenters. The van der Waals surface area contributed by atoms with Gasteiger partial charge in [-0.1, -0.05) is 91.1 Å². The molecule has 0 aliphatic carbocycles. The molecule has 0 saturated carbocycles. The average Bonchev–Trinajstić information content (AvgIpc) is 2.62. The van der Waals surface area contributed by atoms with E-state index in [9.17, 15) is 0 Å². The maximum absolute atomic E-state index is 5.93.